The van der Waals surface area contributed by atoms with Crippen LogP contribution in [0.2, 0.25) is 0 Å². The van der Waals surface area contributed by atoms with Gasteiger partial charge >= 0.3 is 6.03 Å². The van der Waals surface area contributed by atoms with Crippen molar-refractivity contribution in [1.29, 1.82) is 0 Å². The Balaban J connectivity index is 1.85. The van der Waals surface area contributed by atoms with Crippen molar-refractivity contribution in [3.05, 3.63) is 88.5 Å². The normalized spacial score (nSPS) is 11.9. The molecule has 3 aromatic carbocycles. The number of hydrogen-bond acceptors (Lipinski definition) is 5. The van der Waals surface area contributed by atoms with Crippen LogP contribution < -0.4 is 20.3 Å². The van der Waals surface area contributed by atoms with Crippen LogP contribution in [0, 0.1) is 5.92 Å². The standard InChI is InChI=1S/C33H40N4O4/c1-7-23-13-15-24(16-14-23)37-31(34-27-12-10-9-11-26(27)32(37)38)29(8-2)36(20-19-22(3)4)33(39)35-28-18-17-25(40-5)21-30(28)41-6/h9-18,21-22,29H,7-8,19-20H2,1-6H3,(H,35,39). The molecule has 0 spiro atoms. The van der Waals surface area contributed by atoms with Gasteiger partial charge in [0.2, 0.25) is 0 Å². The minimum Gasteiger partial charge on any atom is -0.497 e. The quantitative estimate of drug-likeness (QED) is 0.215. The SMILES string of the molecule is CCc1ccc(-n2c(C(CC)N(CCC(C)C)C(=O)Nc3ccc(OC)cc3OC)nc3ccccc3c2=O)cc1. The number of hydrogen-bond donors (Lipinski definition) is 1. The Kier molecular flexibility index (Phi) is 9.65. The number of aromatic nitrogens is 2. The molecule has 0 radical (unpaired) electrons. The number of urea groups is 1. The van der Waals surface area contributed by atoms with Crippen LogP contribution in [0.3, 0.4) is 0 Å². The Hall–Kier alpha value is -4.33. The van der Waals surface area contributed by atoms with E-state index in [1.54, 1.807) is 48.0 Å². The number of carbonyl (C=O) groups excluding carboxylic acids is 1. The number of ether oxygens (including phenoxy) is 2. The predicted octanol–water partition coefficient (Wildman–Crippen LogP) is 7.00. The number of benzene rings is 3. The lowest BCUT2D eigenvalue weighted by molar-refractivity contribution is 0.176. The molecule has 0 saturated carbocycles. The van der Waals surface area contributed by atoms with E-state index in [1.165, 1.54) is 5.56 Å². The lowest BCUT2D eigenvalue weighted by Crippen LogP contribution is -2.41. The van der Waals surface area contributed by atoms with Crippen LogP contribution in [0.4, 0.5) is 10.5 Å². The van der Waals surface area contributed by atoms with Gasteiger partial charge in [0, 0.05) is 12.6 Å². The van der Waals surface area contributed by atoms with E-state index in [-0.39, 0.29) is 11.6 Å². The van der Waals surface area contributed by atoms with E-state index in [1.807, 2.05) is 49.4 Å². The number of amides is 2. The molecular formula is C33H40N4O4. The molecule has 4 rings (SSSR count). The molecule has 8 nitrogen and oxygen atoms in total. The second-order valence-electron chi connectivity index (χ2n) is 10.4. The molecule has 1 unspecified atom stereocenters. The molecule has 216 valence electrons. The zero-order valence-electron chi connectivity index (χ0n) is 24.8. The Morgan fingerprint density at radius 3 is 2.37 bits per heavy atom. The fourth-order valence-electron chi connectivity index (χ4n) is 4.93. The highest BCUT2D eigenvalue weighted by molar-refractivity contribution is 5.91. The van der Waals surface area contributed by atoms with Crippen molar-refractivity contribution in [2.24, 2.45) is 5.92 Å². The first-order valence-corrected chi connectivity index (χ1v) is 14.2. The summed E-state index contributed by atoms with van der Waals surface area (Å²) in [5, 5.41) is 3.57. The summed E-state index contributed by atoms with van der Waals surface area (Å²) in [5.74, 6) is 2.01. The average Bonchev–Trinajstić information content (AvgIpc) is 2.99. The van der Waals surface area contributed by atoms with E-state index >= 15 is 0 Å². The first-order valence-electron chi connectivity index (χ1n) is 14.2. The van der Waals surface area contributed by atoms with Crippen LogP contribution in [0.5, 0.6) is 11.5 Å². The van der Waals surface area contributed by atoms with Crippen molar-refractivity contribution in [2.45, 2.75) is 53.0 Å². The number of rotatable bonds is 11. The van der Waals surface area contributed by atoms with Gasteiger partial charge in [0.05, 0.1) is 42.5 Å². The molecule has 8 heteroatoms. The fourth-order valence-corrected chi connectivity index (χ4v) is 4.93. The van der Waals surface area contributed by atoms with E-state index in [2.05, 4.69) is 26.1 Å². The van der Waals surface area contributed by atoms with Gasteiger partial charge in [0.15, 0.2) is 0 Å². The molecule has 0 saturated heterocycles. The zero-order chi connectivity index (χ0) is 29.5. The molecule has 4 aromatic rings. The van der Waals surface area contributed by atoms with Crippen LogP contribution >= 0.6 is 0 Å². The Morgan fingerprint density at radius 1 is 1.00 bits per heavy atom. The summed E-state index contributed by atoms with van der Waals surface area (Å²) in [6, 6.07) is 19.8. The summed E-state index contributed by atoms with van der Waals surface area (Å²) in [5.41, 5.74) is 2.87. The second kappa shape index (κ2) is 13.4. The van der Waals surface area contributed by atoms with Gasteiger partial charge in [-0.15, -0.1) is 0 Å². The van der Waals surface area contributed by atoms with Crippen molar-refractivity contribution in [1.82, 2.24) is 14.5 Å². The van der Waals surface area contributed by atoms with Crippen molar-refractivity contribution < 1.29 is 14.3 Å². The van der Waals surface area contributed by atoms with E-state index in [0.717, 1.165) is 18.5 Å². The van der Waals surface area contributed by atoms with Crippen LogP contribution in [0.25, 0.3) is 16.6 Å². The third-order valence-corrected chi connectivity index (χ3v) is 7.32. The summed E-state index contributed by atoms with van der Waals surface area (Å²) in [4.78, 5) is 34.8. The lowest BCUT2D eigenvalue weighted by Gasteiger charge is -2.33. The van der Waals surface area contributed by atoms with Crippen LogP contribution in [-0.2, 0) is 6.42 Å². The topological polar surface area (TPSA) is 85.7 Å². The molecule has 0 aliphatic rings. The molecular weight excluding hydrogens is 516 g/mol. The number of para-hydroxylation sites is 1. The Labute approximate surface area is 241 Å². The van der Waals surface area contributed by atoms with E-state index in [9.17, 15) is 9.59 Å². The Morgan fingerprint density at radius 2 is 1.73 bits per heavy atom. The monoisotopic (exact) mass is 556 g/mol. The maximum atomic E-state index is 14.0. The molecule has 2 amide bonds. The molecule has 1 aromatic heterocycles. The van der Waals surface area contributed by atoms with E-state index in [4.69, 9.17) is 14.5 Å². The lowest BCUT2D eigenvalue weighted by atomic mass is 10.1. The van der Waals surface area contributed by atoms with Crippen LogP contribution in [0.1, 0.15) is 58.0 Å². The van der Waals surface area contributed by atoms with Crippen molar-refractivity contribution in [3.63, 3.8) is 0 Å². The summed E-state index contributed by atoms with van der Waals surface area (Å²) < 4.78 is 12.5. The summed E-state index contributed by atoms with van der Waals surface area (Å²) in [6.45, 7) is 8.85. The third-order valence-electron chi connectivity index (χ3n) is 7.32. The summed E-state index contributed by atoms with van der Waals surface area (Å²) in [7, 11) is 3.13. The molecule has 1 heterocycles. The predicted molar refractivity (Wildman–Crippen MR) is 164 cm³/mol. The van der Waals surface area contributed by atoms with Gasteiger partial charge in [-0.05, 0) is 67.1 Å². The van der Waals surface area contributed by atoms with Crippen LogP contribution in [0.15, 0.2) is 71.5 Å². The number of nitrogens with one attached hydrogen (secondary N) is 1. The number of carbonyl (C=O) groups is 1. The van der Waals surface area contributed by atoms with Gasteiger partial charge in [0.25, 0.3) is 5.56 Å². The number of aryl methyl sites for hydroxylation is 1. The summed E-state index contributed by atoms with van der Waals surface area (Å²) in [6.07, 6.45) is 2.24. The molecule has 0 aliphatic carbocycles. The first-order chi connectivity index (χ1) is 19.8. The molecule has 1 atom stereocenters. The zero-order valence-corrected chi connectivity index (χ0v) is 24.8. The molecule has 0 bridgehead atoms. The van der Waals surface area contributed by atoms with Crippen molar-refractivity contribution in [2.75, 3.05) is 26.1 Å². The third kappa shape index (κ3) is 6.53. The Bertz CT molecular complexity index is 1550. The maximum absolute atomic E-state index is 14.0. The van der Waals surface area contributed by atoms with Gasteiger partial charge in [-0.1, -0.05) is 52.0 Å². The van der Waals surface area contributed by atoms with Crippen LogP contribution in [-0.4, -0.2) is 41.2 Å². The van der Waals surface area contributed by atoms with Gasteiger partial charge in [-0.2, -0.15) is 0 Å². The number of fused-ring (bicyclic) bond motifs is 1. The van der Waals surface area contributed by atoms with Gasteiger partial charge < -0.3 is 19.7 Å². The molecule has 1 N–H and O–H groups in total. The highest BCUT2D eigenvalue weighted by Gasteiger charge is 2.30. The van der Waals surface area contributed by atoms with E-state index in [0.29, 0.717) is 52.8 Å². The minimum atomic E-state index is -0.471. The van der Waals surface area contributed by atoms with Crippen molar-refractivity contribution >= 4 is 22.6 Å². The van der Waals surface area contributed by atoms with Gasteiger partial charge in [-0.3, -0.25) is 9.36 Å². The van der Waals surface area contributed by atoms with Gasteiger partial charge in [0.1, 0.15) is 17.3 Å². The van der Waals surface area contributed by atoms with E-state index < -0.39 is 6.04 Å². The largest absolute Gasteiger partial charge is 0.497 e. The number of methoxy groups -OCH3 is 2. The molecule has 41 heavy (non-hydrogen) atoms. The second-order valence-corrected chi connectivity index (χ2v) is 10.4. The first kappa shape index (κ1) is 29.6. The molecule has 0 fully saturated rings. The minimum absolute atomic E-state index is 0.158. The molecule has 0 aliphatic heterocycles. The summed E-state index contributed by atoms with van der Waals surface area (Å²) >= 11 is 0. The number of nitrogens with zero attached hydrogens (tertiary/aromatic N) is 3. The maximum Gasteiger partial charge on any atom is 0.322 e. The van der Waals surface area contributed by atoms with Gasteiger partial charge in [-0.25, -0.2) is 9.78 Å². The smallest absolute Gasteiger partial charge is 0.322 e. The fraction of sp³-hybridized carbons (Fsp3) is 0.364. The number of anilines is 1. The van der Waals surface area contributed by atoms with Crippen molar-refractivity contribution in [3.8, 4) is 17.2 Å². The highest BCUT2D eigenvalue weighted by atomic mass is 16.5. The average molecular weight is 557 g/mol. The highest BCUT2D eigenvalue weighted by Crippen LogP contribution is 2.32.